The van der Waals surface area contributed by atoms with Crippen molar-refractivity contribution in [3.63, 3.8) is 0 Å². The Kier molecular flexibility index (Phi) is 4.88. The lowest BCUT2D eigenvalue weighted by Gasteiger charge is -2.02. The van der Waals surface area contributed by atoms with E-state index in [4.69, 9.17) is 16.3 Å². The Morgan fingerprint density at radius 1 is 1.50 bits per heavy atom. The van der Waals surface area contributed by atoms with Gasteiger partial charge in [-0.3, -0.25) is 4.98 Å². The van der Waals surface area contributed by atoms with Gasteiger partial charge in [0.05, 0.1) is 18.7 Å². The zero-order chi connectivity index (χ0) is 10.2. The lowest BCUT2D eigenvalue weighted by Crippen LogP contribution is -1.95. The molecule has 1 aromatic heterocycles. The lowest BCUT2D eigenvalue weighted by atomic mass is 10.3. The summed E-state index contributed by atoms with van der Waals surface area (Å²) in [4.78, 5) is 4.02. The highest BCUT2D eigenvalue weighted by Gasteiger charge is 1.94. The second-order valence-electron chi connectivity index (χ2n) is 2.69. The Labute approximate surface area is 89.3 Å². The average molecular weight is 210 g/mol. The van der Waals surface area contributed by atoms with Crippen LogP contribution in [0.5, 0.6) is 5.75 Å². The van der Waals surface area contributed by atoms with E-state index in [-0.39, 0.29) is 0 Å². The largest absolute Gasteiger partial charge is 0.492 e. The predicted molar refractivity (Wildman–Crippen MR) is 57.6 cm³/mol. The molecule has 0 unspecified atom stereocenters. The maximum absolute atomic E-state index is 5.45. The molecular weight excluding hydrogens is 198 g/mol. The van der Waals surface area contributed by atoms with Crippen molar-refractivity contribution in [3.8, 4) is 17.6 Å². The van der Waals surface area contributed by atoms with E-state index < -0.39 is 0 Å². The van der Waals surface area contributed by atoms with Crippen LogP contribution in [0.3, 0.4) is 0 Å². The number of pyridine rings is 1. The molecule has 0 atom stereocenters. The average Bonchev–Trinajstić information content (AvgIpc) is 2.24. The Bertz CT molecular complexity index is 341. The number of halogens is 1. The van der Waals surface area contributed by atoms with Crippen LogP contribution in [0.2, 0.25) is 0 Å². The molecule has 0 aliphatic rings. The molecule has 3 heteroatoms. The second-order valence-corrected chi connectivity index (χ2v) is 2.96. The molecule has 0 spiro atoms. The molecule has 14 heavy (non-hydrogen) atoms. The first kappa shape index (κ1) is 10.9. The number of hydrogen-bond acceptors (Lipinski definition) is 2. The SMILES string of the molecule is CCCOc1cncc(C#CCCl)c1. The minimum Gasteiger partial charge on any atom is -0.492 e. The third kappa shape index (κ3) is 3.68. The van der Waals surface area contributed by atoms with Crippen molar-refractivity contribution in [2.24, 2.45) is 0 Å². The summed E-state index contributed by atoms with van der Waals surface area (Å²) in [5.41, 5.74) is 0.833. The molecule has 0 radical (unpaired) electrons. The molecule has 1 aromatic rings. The van der Waals surface area contributed by atoms with Crippen molar-refractivity contribution >= 4 is 11.6 Å². The monoisotopic (exact) mass is 209 g/mol. The van der Waals surface area contributed by atoms with Crippen LogP contribution in [-0.2, 0) is 0 Å². The van der Waals surface area contributed by atoms with Gasteiger partial charge < -0.3 is 4.74 Å². The van der Waals surface area contributed by atoms with Crippen LogP contribution < -0.4 is 4.74 Å². The van der Waals surface area contributed by atoms with Gasteiger partial charge in [-0.15, -0.1) is 11.6 Å². The van der Waals surface area contributed by atoms with Crippen molar-refractivity contribution in [1.29, 1.82) is 0 Å². The quantitative estimate of drug-likeness (QED) is 0.564. The highest BCUT2D eigenvalue weighted by Crippen LogP contribution is 2.10. The maximum Gasteiger partial charge on any atom is 0.138 e. The summed E-state index contributed by atoms with van der Waals surface area (Å²) < 4.78 is 5.41. The molecule has 0 bridgehead atoms. The van der Waals surface area contributed by atoms with E-state index in [1.165, 1.54) is 0 Å². The number of nitrogens with zero attached hydrogens (tertiary/aromatic N) is 1. The fraction of sp³-hybridized carbons (Fsp3) is 0.364. The number of rotatable bonds is 3. The Balaban J connectivity index is 2.68. The highest BCUT2D eigenvalue weighted by atomic mass is 35.5. The van der Waals surface area contributed by atoms with Gasteiger partial charge in [-0.25, -0.2) is 0 Å². The Morgan fingerprint density at radius 3 is 3.07 bits per heavy atom. The van der Waals surface area contributed by atoms with Gasteiger partial charge >= 0.3 is 0 Å². The molecule has 0 saturated carbocycles. The summed E-state index contributed by atoms with van der Waals surface area (Å²) in [6.07, 6.45) is 4.36. The normalized spacial score (nSPS) is 9.00. The van der Waals surface area contributed by atoms with Gasteiger partial charge in [-0.1, -0.05) is 18.8 Å². The van der Waals surface area contributed by atoms with E-state index in [1.807, 2.05) is 6.07 Å². The van der Waals surface area contributed by atoms with Gasteiger partial charge in [0.15, 0.2) is 0 Å². The van der Waals surface area contributed by atoms with E-state index in [1.54, 1.807) is 12.4 Å². The van der Waals surface area contributed by atoms with Crippen molar-refractivity contribution in [2.45, 2.75) is 13.3 Å². The number of aromatic nitrogens is 1. The summed E-state index contributed by atoms with van der Waals surface area (Å²) >= 11 is 5.45. The maximum atomic E-state index is 5.45. The van der Waals surface area contributed by atoms with E-state index >= 15 is 0 Å². The zero-order valence-electron chi connectivity index (χ0n) is 8.09. The summed E-state index contributed by atoms with van der Waals surface area (Å²) in [7, 11) is 0. The molecule has 74 valence electrons. The Morgan fingerprint density at radius 2 is 2.36 bits per heavy atom. The van der Waals surface area contributed by atoms with Crippen LogP contribution in [0.25, 0.3) is 0 Å². The molecule has 0 aliphatic carbocycles. The van der Waals surface area contributed by atoms with E-state index in [2.05, 4.69) is 23.7 Å². The van der Waals surface area contributed by atoms with Gasteiger partial charge in [-0.05, 0) is 12.5 Å². The molecule has 1 heterocycles. The standard InChI is InChI=1S/C11H12ClNO/c1-2-6-14-11-7-10(4-3-5-12)8-13-9-11/h7-9H,2,5-6H2,1H3. The molecule has 0 amide bonds. The minimum atomic E-state index is 0.333. The molecule has 0 saturated heterocycles. The van der Waals surface area contributed by atoms with Crippen molar-refractivity contribution in [1.82, 2.24) is 4.98 Å². The third-order valence-electron chi connectivity index (χ3n) is 1.49. The summed E-state index contributed by atoms with van der Waals surface area (Å²) in [6.45, 7) is 2.76. The van der Waals surface area contributed by atoms with Gasteiger partial charge in [0, 0.05) is 11.8 Å². The number of alkyl halides is 1. The first-order chi connectivity index (χ1) is 6.86. The molecule has 1 rings (SSSR count). The van der Waals surface area contributed by atoms with Crippen LogP contribution in [0.15, 0.2) is 18.5 Å². The Hall–Kier alpha value is -1.20. The zero-order valence-corrected chi connectivity index (χ0v) is 8.84. The van der Waals surface area contributed by atoms with Crippen LogP contribution in [0.1, 0.15) is 18.9 Å². The molecule has 0 aromatic carbocycles. The van der Waals surface area contributed by atoms with E-state index in [0.717, 1.165) is 17.7 Å². The van der Waals surface area contributed by atoms with Gasteiger partial charge in [0.25, 0.3) is 0 Å². The van der Waals surface area contributed by atoms with Gasteiger partial charge in [-0.2, -0.15) is 0 Å². The molecule has 0 fully saturated rings. The second kappa shape index (κ2) is 6.28. The number of hydrogen-bond donors (Lipinski definition) is 0. The third-order valence-corrected chi connectivity index (χ3v) is 1.62. The van der Waals surface area contributed by atoms with Crippen LogP contribution in [-0.4, -0.2) is 17.5 Å². The van der Waals surface area contributed by atoms with Crippen molar-refractivity contribution in [2.75, 3.05) is 12.5 Å². The van der Waals surface area contributed by atoms with Crippen molar-refractivity contribution in [3.05, 3.63) is 24.0 Å². The lowest BCUT2D eigenvalue weighted by molar-refractivity contribution is 0.316. The van der Waals surface area contributed by atoms with Crippen LogP contribution in [0, 0.1) is 11.8 Å². The summed E-state index contributed by atoms with van der Waals surface area (Å²) in [5, 5.41) is 0. The fourth-order valence-electron chi connectivity index (χ4n) is 0.922. The molecule has 0 N–H and O–H groups in total. The van der Waals surface area contributed by atoms with Crippen molar-refractivity contribution < 1.29 is 4.74 Å². The molecular formula is C11H12ClNO. The predicted octanol–water partition coefficient (Wildman–Crippen LogP) is 2.46. The van der Waals surface area contributed by atoms with E-state index in [9.17, 15) is 0 Å². The highest BCUT2D eigenvalue weighted by molar-refractivity contribution is 6.19. The first-order valence-corrected chi connectivity index (χ1v) is 5.03. The van der Waals surface area contributed by atoms with Gasteiger partial charge in [0.1, 0.15) is 5.75 Å². The summed E-state index contributed by atoms with van der Waals surface area (Å²) in [5.74, 6) is 6.75. The number of ether oxygens (including phenoxy) is 1. The molecule has 0 aliphatic heterocycles. The molecule has 2 nitrogen and oxygen atoms in total. The topological polar surface area (TPSA) is 22.1 Å². The smallest absolute Gasteiger partial charge is 0.138 e. The summed E-state index contributed by atoms with van der Waals surface area (Å²) in [6, 6.07) is 1.86. The van der Waals surface area contributed by atoms with E-state index in [0.29, 0.717) is 12.5 Å². The van der Waals surface area contributed by atoms with Crippen LogP contribution >= 0.6 is 11.6 Å². The van der Waals surface area contributed by atoms with Crippen LogP contribution in [0.4, 0.5) is 0 Å². The minimum absolute atomic E-state index is 0.333. The van der Waals surface area contributed by atoms with Gasteiger partial charge in [0.2, 0.25) is 0 Å². The fourth-order valence-corrected chi connectivity index (χ4v) is 0.988. The first-order valence-electron chi connectivity index (χ1n) is 4.49.